The molecule has 0 heterocycles. The summed E-state index contributed by atoms with van der Waals surface area (Å²) in [5.41, 5.74) is 0. The fourth-order valence-corrected chi connectivity index (χ4v) is 0.139. The second kappa shape index (κ2) is 2.41. The minimum Gasteiger partial charge on any atom is -0.402 e. The topological polar surface area (TPSA) is 66.4 Å². The first-order valence-electron chi connectivity index (χ1n) is 1.68. The van der Waals surface area contributed by atoms with Gasteiger partial charge in [0.15, 0.2) is 0 Å². The molecule has 0 fully saturated rings. The summed E-state index contributed by atoms with van der Waals surface area (Å²) in [6, 6.07) is 0. The van der Waals surface area contributed by atoms with Gasteiger partial charge in [-0.3, -0.25) is 0 Å². The molecule has 1 N–H and O–H groups in total. The molecule has 1 radical (unpaired) electrons. The Morgan fingerprint density at radius 1 is 1.86 bits per heavy atom. The predicted octanol–water partition coefficient (Wildman–Crippen LogP) is -0.108. The summed E-state index contributed by atoms with van der Waals surface area (Å²) >= 11 is 0. The smallest absolute Gasteiger partial charge is 0.402 e. The number of carbonyl (C=O) groups is 1. The van der Waals surface area contributed by atoms with Crippen LogP contribution in [0.15, 0.2) is 0 Å². The van der Waals surface area contributed by atoms with Gasteiger partial charge in [-0.05, 0) is 6.92 Å². The lowest BCUT2D eigenvalue weighted by molar-refractivity contribution is -0.0659. The molecule has 41 valence electrons. The van der Waals surface area contributed by atoms with Gasteiger partial charge in [-0.1, -0.05) is 0 Å². The number of hydrogen-bond acceptors (Lipinski definition) is 3. The molecule has 1 atom stereocenters. The molecule has 0 aromatic rings. The van der Waals surface area contributed by atoms with Crippen molar-refractivity contribution in [2.45, 2.75) is 13.2 Å². The van der Waals surface area contributed by atoms with Crippen LogP contribution in [0.1, 0.15) is 6.92 Å². The van der Waals surface area contributed by atoms with Crippen LogP contribution in [0.4, 0.5) is 4.79 Å². The highest BCUT2D eigenvalue weighted by molar-refractivity contribution is 5.56. The van der Waals surface area contributed by atoms with Crippen molar-refractivity contribution in [3.63, 3.8) is 0 Å². The summed E-state index contributed by atoms with van der Waals surface area (Å²) in [4.78, 5) is 9.32. The predicted molar refractivity (Wildman–Crippen MR) is 18.8 cm³/mol. The molecule has 0 rings (SSSR count). The monoisotopic (exact) mass is 105 g/mol. The van der Waals surface area contributed by atoms with E-state index >= 15 is 0 Å². The number of aliphatic hydroxyl groups excluding tert-OH is 1. The highest BCUT2D eigenvalue weighted by atomic mass is 16.7. The van der Waals surface area contributed by atoms with Crippen molar-refractivity contribution in [1.29, 1.82) is 0 Å². The van der Waals surface area contributed by atoms with Gasteiger partial charge in [0.05, 0.1) is 0 Å². The third kappa shape index (κ3) is 5.23. The fraction of sp³-hybridized carbons (Fsp3) is 0.667. The lowest BCUT2D eigenvalue weighted by Crippen LogP contribution is -2.09. The number of carbonyl (C=O) groups excluding carboxylic acids is 1. The second-order valence-electron chi connectivity index (χ2n) is 0.967. The van der Waals surface area contributed by atoms with E-state index in [0.29, 0.717) is 0 Å². The Hall–Kier alpha value is -0.770. The Labute approximate surface area is 40.3 Å². The quantitative estimate of drug-likeness (QED) is 0.373. The molecule has 4 heteroatoms. The van der Waals surface area contributed by atoms with E-state index in [4.69, 9.17) is 5.11 Å². The van der Waals surface area contributed by atoms with E-state index in [1.807, 2.05) is 0 Å². The first kappa shape index (κ1) is 6.23. The van der Waals surface area contributed by atoms with Crippen LogP contribution in [0.2, 0.25) is 0 Å². The number of hydrogen-bond donors (Lipinski definition) is 1. The number of aliphatic hydroxyl groups is 1. The van der Waals surface area contributed by atoms with Crippen LogP contribution in [0, 0.1) is 0 Å². The van der Waals surface area contributed by atoms with Gasteiger partial charge in [0.25, 0.3) is 0 Å². The highest BCUT2D eigenvalue weighted by Crippen LogP contribution is 1.82. The zero-order valence-electron chi connectivity index (χ0n) is 3.75. The van der Waals surface area contributed by atoms with Gasteiger partial charge in [-0.15, -0.1) is 0 Å². The molecule has 0 amide bonds. The molecule has 0 bridgehead atoms. The van der Waals surface area contributed by atoms with Gasteiger partial charge in [-0.2, -0.15) is 9.90 Å². The van der Waals surface area contributed by atoms with Crippen molar-refractivity contribution < 1.29 is 19.7 Å². The van der Waals surface area contributed by atoms with Gasteiger partial charge in [0.1, 0.15) is 0 Å². The van der Waals surface area contributed by atoms with Gasteiger partial charge in [0.2, 0.25) is 6.29 Å². The Morgan fingerprint density at radius 2 is 2.29 bits per heavy atom. The van der Waals surface area contributed by atoms with Crippen LogP contribution in [0.5, 0.6) is 0 Å². The van der Waals surface area contributed by atoms with Crippen LogP contribution in [0.25, 0.3) is 0 Å². The van der Waals surface area contributed by atoms with Crippen molar-refractivity contribution in [1.82, 2.24) is 0 Å². The van der Waals surface area contributed by atoms with Crippen molar-refractivity contribution in [2.24, 2.45) is 0 Å². The molecule has 0 aromatic carbocycles. The van der Waals surface area contributed by atoms with Crippen LogP contribution >= 0.6 is 0 Å². The Bertz CT molecular complexity index is 67.3. The third-order valence-electron chi connectivity index (χ3n) is 0.267. The van der Waals surface area contributed by atoms with Gasteiger partial charge in [-0.25, -0.2) is 0 Å². The van der Waals surface area contributed by atoms with Crippen LogP contribution in [-0.4, -0.2) is 17.6 Å². The highest BCUT2D eigenvalue weighted by Gasteiger charge is 2.01. The third-order valence-corrected chi connectivity index (χ3v) is 0.267. The fourth-order valence-electron chi connectivity index (χ4n) is 0.139. The standard InChI is InChI=1S/C3H5O4/c1-2(4)7-3(5)6/h2,4H,1H3. The SMILES string of the molecule is CC(O)OC([O])=O. The molecule has 0 aliphatic carbocycles. The molecule has 7 heavy (non-hydrogen) atoms. The normalized spacial score (nSPS) is 12.9. The molecule has 0 aromatic heterocycles. The van der Waals surface area contributed by atoms with E-state index in [1.165, 1.54) is 6.92 Å². The Morgan fingerprint density at radius 3 is 2.29 bits per heavy atom. The van der Waals surface area contributed by atoms with Crippen molar-refractivity contribution in [3.05, 3.63) is 0 Å². The van der Waals surface area contributed by atoms with Crippen molar-refractivity contribution >= 4 is 6.16 Å². The Kier molecular flexibility index (Phi) is 2.15. The molecule has 0 saturated heterocycles. The van der Waals surface area contributed by atoms with E-state index < -0.39 is 12.4 Å². The second-order valence-corrected chi connectivity index (χ2v) is 0.967. The molecule has 0 aliphatic heterocycles. The average molecular weight is 105 g/mol. The summed E-state index contributed by atoms with van der Waals surface area (Å²) in [7, 11) is 0. The lowest BCUT2D eigenvalue weighted by Gasteiger charge is -1.97. The largest absolute Gasteiger partial charge is 0.552 e. The zero-order chi connectivity index (χ0) is 5.86. The summed E-state index contributed by atoms with van der Waals surface area (Å²) in [5, 5.41) is 17.4. The number of rotatable bonds is 1. The van der Waals surface area contributed by atoms with E-state index in [0.717, 1.165) is 0 Å². The summed E-state index contributed by atoms with van der Waals surface area (Å²) < 4.78 is 3.61. The molecule has 0 saturated carbocycles. The van der Waals surface area contributed by atoms with Gasteiger partial charge >= 0.3 is 6.16 Å². The first-order valence-corrected chi connectivity index (χ1v) is 1.68. The molecular weight excluding hydrogens is 100 g/mol. The Balaban J connectivity index is 3.13. The minimum absolute atomic E-state index is 1.18. The molecule has 1 unspecified atom stereocenters. The maximum atomic E-state index is 9.32. The van der Waals surface area contributed by atoms with Crippen LogP contribution in [-0.2, 0) is 9.84 Å². The van der Waals surface area contributed by atoms with Gasteiger partial charge < -0.3 is 9.84 Å². The first-order chi connectivity index (χ1) is 3.13. The van der Waals surface area contributed by atoms with Crippen molar-refractivity contribution in [3.8, 4) is 0 Å². The molecular formula is C3H5O4. The molecule has 0 spiro atoms. The molecule has 4 nitrogen and oxygen atoms in total. The van der Waals surface area contributed by atoms with E-state index in [2.05, 4.69) is 4.74 Å². The molecule has 0 aliphatic rings. The van der Waals surface area contributed by atoms with E-state index in [-0.39, 0.29) is 0 Å². The minimum atomic E-state index is -1.71. The number of ether oxygens (including phenoxy) is 1. The average Bonchev–Trinajstić information content (AvgIpc) is 1.27. The van der Waals surface area contributed by atoms with Gasteiger partial charge in [0, 0.05) is 0 Å². The van der Waals surface area contributed by atoms with Crippen molar-refractivity contribution in [2.75, 3.05) is 0 Å². The maximum absolute atomic E-state index is 9.32. The van der Waals surface area contributed by atoms with E-state index in [9.17, 15) is 9.90 Å². The zero-order valence-corrected chi connectivity index (χ0v) is 3.75. The van der Waals surface area contributed by atoms with Crippen LogP contribution < -0.4 is 0 Å². The maximum Gasteiger partial charge on any atom is 0.552 e. The summed E-state index contributed by atoms with van der Waals surface area (Å²) in [5.74, 6) is 0. The lowest BCUT2D eigenvalue weighted by atomic mass is 10.8. The summed E-state index contributed by atoms with van der Waals surface area (Å²) in [6.45, 7) is 1.18. The van der Waals surface area contributed by atoms with E-state index in [1.54, 1.807) is 0 Å². The summed E-state index contributed by atoms with van der Waals surface area (Å²) in [6.07, 6.45) is -3.00. The van der Waals surface area contributed by atoms with Crippen LogP contribution in [0.3, 0.4) is 0 Å².